The van der Waals surface area contributed by atoms with Crippen LogP contribution in [-0.2, 0) is 0 Å². The molecule has 0 rings (SSSR count). The van der Waals surface area contributed by atoms with E-state index in [9.17, 15) is 0 Å². The summed E-state index contributed by atoms with van der Waals surface area (Å²) < 4.78 is 0. The molecule has 0 radical (unpaired) electrons. The molecule has 15 heavy (non-hydrogen) atoms. The highest BCUT2D eigenvalue weighted by Crippen LogP contribution is 2.22. The molecule has 0 saturated heterocycles. The van der Waals surface area contributed by atoms with Gasteiger partial charge in [-0.05, 0) is 25.7 Å². The first-order valence-electron chi connectivity index (χ1n) is 6.22. The predicted octanol–water partition coefficient (Wildman–Crippen LogP) is 4.84. The van der Waals surface area contributed by atoms with Gasteiger partial charge in [-0.2, -0.15) is 5.26 Å². The molecule has 0 N–H and O–H groups in total. The molecule has 1 heteroatoms. The summed E-state index contributed by atoms with van der Waals surface area (Å²) in [5.74, 6) is 0.694. The summed E-state index contributed by atoms with van der Waals surface area (Å²) >= 11 is 0. The number of nitrogens with zero attached hydrogens (tertiary/aromatic N) is 1. The van der Waals surface area contributed by atoms with Gasteiger partial charge in [0, 0.05) is 6.42 Å². The van der Waals surface area contributed by atoms with Crippen LogP contribution in [0.1, 0.15) is 65.2 Å². The molecule has 0 saturated carbocycles. The fourth-order valence-electron chi connectivity index (χ4n) is 1.97. The lowest BCUT2D eigenvalue weighted by Gasteiger charge is -2.15. The van der Waals surface area contributed by atoms with Crippen molar-refractivity contribution in [3.8, 4) is 6.07 Å². The maximum Gasteiger partial charge on any atom is 0.0621 e. The predicted molar refractivity (Wildman–Crippen MR) is 66.5 cm³/mol. The van der Waals surface area contributed by atoms with Crippen molar-refractivity contribution in [1.82, 2.24) is 0 Å². The van der Waals surface area contributed by atoms with Gasteiger partial charge in [0.05, 0.1) is 6.07 Å². The lowest BCUT2D eigenvalue weighted by Crippen LogP contribution is -2.01. The molecule has 0 aromatic carbocycles. The molecule has 0 fully saturated rings. The van der Waals surface area contributed by atoms with Gasteiger partial charge in [0.2, 0.25) is 0 Å². The topological polar surface area (TPSA) is 23.8 Å². The third kappa shape index (κ3) is 9.53. The highest BCUT2D eigenvalue weighted by atomic mass is 14.2. The van der Waals surface area contributed by atoms with Crippen LogP contribution in [-0.4, -0.2) is 0 Å². The largest absolute Gasteiger partial charge is 0.198 e. The fraction of sp³-hybridized carbons (Fsp3) is 0.786. The molecule has 0 aliphatic rings. The molecule has 0 heterocycles. The molecular weight excluding hydrogens is 182 g/mol. The summed E-state index contributed by atoms with van der Waals surface area (Å²) in [5, 5.41) is 8.59. The second-order valence-corrected chi connectivity index (χ2v) is 4.57. The van der Waals surface area contributed by atoms with Crippen LogP contribution < -0.4 is 0 Å². The van der Waals surface area contributed by atoms with Crippen LogP contribution in [0.3, 0.4) is 0 Å². The Bertz CT molecular complexity index is 200. The first-order chi connectivity index (χ1) is 7.20. The third-order valence-electron chi connectivity index (χ3n) is 2.77. The van der Waals surface area contributed by atoms with Crippen LogP contribution in [0.5, 0.6) is 0 Å². The minimum Gasteiger partial charge on any atom is -0.198 e. The van der Waals surface area contributed by atoms with E-state index >= 15 is 0 Å². The maximum absolute atomic E-state index is 8.59. The first kappa shape index (κ1) is 14.2. The van der Waals surface area contributed by atoms with E-state index in [0.717, 1.165) is 12.8 Å². The van der Waals surface area contributed by atoms with E-state index in [4.69, 9.17) is 5.26 Å². The summed E-state index contributed by atoms with van der Waals surface area (Å²) in [7, 11) is 0. The monoisotopic (exact) mass is 207 g/mol. The lowest BCUT2D eigenvalue weighted by molar-refractivity contribution is 0.427. The highest BCUT2D eigenvalue weighted by Gasteiger charge is 2.08. The number of hydrogen-bond donors (Lipinski definition) is 0. The van der Waals surface area contributed by atoms with E-state index in [0.29, 0.717) is 12.3 Å². The molecule has 1 atom stereocenters. The van der Waals surface area contributed by atoms with Crippen molar-refractivity contribution in [3.63, 3.8) is 0 Å². The van der Waals surface area contributed by atoms with E-state index in [1.54, 1.807) is 0 Å². The molecule has 86 valence electrons. The van der Waals surface area contributed by atoms with Gasteiger partial charge < -0.3 is 0 Å². The van der Waals surface area contributed by atoms with Crippen LogP contribution >= 0.6 is 0 Å². The lowest BCUT2D eigenvalue weighted by atomic mass is 9.91. The highest BCUT2D eigenvalue weighted by molar-refractivity contribution is 4.91. The number of allylic oxidation sites excluding steroid dienone is 1. The molecule has 0 aromatic rings. The average molecular weight is 207 g/mol. The van der Waals surface area contributed by atoms with Gasteiger partial charge in [-0.15, -0.1) is 6.58 Å². The van der Waals surface area contributed by atoms with Gasteiger partial charge in [-0.25, -0.2) is 0 Å². The zero-order valence-corrected chi connectivity index (χ0v) is 10.4. The minimum atomic E-state index is 0.694. The molecule has 0 bridgehead atoms. The van der Waals surface area contributed by atoms with Crippen LogP contribution in [0, 0.1) is 17.2 Å². The molecule has 1 unspecified atom stereocenters. The fourth-order valence-corrected chi connectivity index (χ4v) is 1.97. The van der Waals surface area contributed by atoms with Crippen molar-refractivity contribution in [2.75, 3.05) is 0 Å². The Morgan fingerprint density at radius 2 is 2.00 bits per heavy atom. The molecule has 0 aliphatic carbocycles. The van der Waals surface area contributed by atoms with Crippen LogP contribution in [0.15, 0.2) is 12.2 Å². The summed E-state index contributed by atoms with van der Waals surface area (Å²) in [4.78, 5) is 0. The van der Waals surface area contributed by atoms with E-state index < -0.39 is 0 Å². The zero-order chi connectivity index (χ0) is 11.5. The Hall–Kier alpha value is -0.770. The zero-order valence-electron chi connectivity index (χ0n) is 10.4. The van der Waals surface area contributed by atoms with E-state index in [-0.39, 0.29) is 0 Å². The normalized spacial score (nSPS) is 12.1. The second kappa shape index (κ2) is 9.77. The van der Waals surface area contributed by atoms with Crippen molar-refractivity contribution in [2.24, 2.45) is 5.92 Å². The van der Waals surface area contributed by atoms with Gasteiger partial charge in [0.15, 0.2) is 0 Å². The SMILES string of the molecule is C=C(C)CC(CCC#N)CCCCCC. The summed E-state index contributed by atoms with van der Waals surface area (Å²) in [5.41, 5.74) is 1.26. The Morgan fingerprint density at radius 1 is 1.27 bits per heavy atom. The molecular formula is C14H25N. The van der Waals surface area contributed by atoms with E-state index in [1.165, 1.54) is 37.7 Å². The number of nitriles is 1. The smallest absolute Gasteiger partial charge is 0.0621 e. The molecule has 1 nitrogen and oxygen atoms in total. The van der Waals surface area contributed by atoms with Gasteiger partial charge in [0.1, 0.15) is 0 Å². The molecule has 0 spiro atoms. The van der Waals surface area contributed by atoms with Crippen LogP contribution in [0.2, 0.25) is 0 Å². The van der Waals surface area contributed by atoms with Gasteiger partial charge in [-0.3, -0.25) is 0 Å². The number of rotatable bonds is 9. The van der Waals surface area contributed by atoms with Crippen molar-refractivity contribution >= 4 is 0 Å². The van der Waals surface area contributed by atoms with Crippen molar-refractivity contribution in [2.45, 2.75) is 65.2 Å². The van der Waals surface area contributed by atoms with Crippen LogP contribution in [0.25, 0.3) is 0 Å². The van der Waals surface area contributed by atoms with Crippen molar-refractivity contribution in [3.05, 3.63) is 12.2 Å². The quantitative estimate of drug-likeness (QED) is 0.392. The summed E-state index contributed by atoms with van der Waals surface area (Å²) in [6, 6.07) is 2.24. The van der Waals surface area contributed by atoms with Crippen LogP contribution in [0.4, 0.5) is 0 Å². The molecule has 0 aliphatic heterocycles. The molecule has 0 aromatic heterocycles. The Labute approximate surface area is 95.2 Å². The Kier molecular flexibility index (Phi) is 9.27. The number of unbranched alkanes of at least 4 members (excludes halogenated alkanes) is 3. The Balaban J connectivity index is 3.70. The average Bonchev–Trinajstić information content (AvgIpc) is 2.19. The first-order valence-corrected chi connectivity index (χ1v) is 6.22. The van der Waals surface area contributed by atoms with Crippen molar-refractivity contribution < 1.29 is 0 Å². The van der Waals surface area contributed by atoms with Crippen molar-refractivity contribution in [1.29, 1.82) is 5.26 Å². The molecule has 0 amide bonds. The van der Waals surface area contributed by atoms with Gasteiger partial charge in [0.25, 0.3) is 0 Å². The standard InChI is InChI=1S/C14H25N/c1-4-5-6-7-9-14(10-8-11-15)12-13(2)3/h14H,2,4-10,12H2,1,3H3. The Morgan fingerprint density at radius 3 is 2.53 bits per heavy atom. The minimum absolute atomic E-state index is 0.694. The van der Waals surface area contributed by atoms with Gasteiger partial charge >= 0.3 is 0 Å². The second-order valence-electron chi connectivity index (χ2n) is 4.57. The third-order valence-corrected chi connectivity index (χ3v) is 2.77. The number of hydrogen-bond acceptors (Lipinski definition) is 1. The van der Waals surface area contributed by atoms with E-state index in [1.807, 2.05) is 0 Å². The summed E-state index contributed by atoms with van der Waals surface area (Å²) in [6.07, 6.45) is 9.43. The summed E-state index contributed by atoms with van der Waals surface area (Å²) in [6.45, 7) is 8.29. The van der Waals surface area contributed by atoms with E-state index in [2.05, 4.69) is 26.5 Å². The maximum atomic E-state index is 8.59. The van der Waals surface area contributed by atoms with Gasteiger partial charge in [-0.1, -0.05) is 44.6 Å².